The van der Waals surface area contributed by atoms with Gasteiger partial charge < -0.3 is 9.97 Å². The van der Waals surface area contributed by atoms with Crippen LogP contribution in [0.2, 0.25) is 0 Å². The first-order chi connectivity index (χ1) is 10.2. The zero-order valence-corrected chi connectivity index (χ0v) is 11.6. The average molecular weight is 274 g/mol. The van der Waals surface area contributed by atoms with Crippen molar-refractivity contribution in [2.75, 3.05) is 0 Å². The molecule has 0 saturated carbocycles. The third-order valence-corrected chi connectivity index (χ3v) is 3.86. The Morgan fingerprint density at radius 3 is 2.62 bits per heavy atom. The van der Waals surface area contributed by atoms with Crippen LogP contribution in [0.4, 0.5) is 0 Å². The first kappa shape index (κ1) is 12.0. The van der Waals surface area contributed by atoms with Crippen molar-refractivity contribution in [3.05, 3.63) is 70.5 Å². The SMILES string of the molecule is Cc1cccc(-c2ccc3[nH]c4cc[nH]c4c(=O)c3c2)c1. The van der Waals surface area contributed by atoms with E-state index in [9.17, 15) is 4.79 Å². The predicted molar refractivity (Wildman–Crippen MR) is 86.6 cm³/mol. The maximum atomic E-state index is 12.5. The number of hydrogen-bond donors (Lipinski definition) is 2. The van der Waals surface area contributed by atoms with Gasteiger partial charge in [-0.2, -0.15) is 0 Å². The molecule has 2 aromatic carbocycles. The van der Waals surface area contributed by atoms with Gasteiger partial charge in [-0.05, 0) is 36.2 Å². The van der Waals surface area contributed by atoms with Crippen LogP contribution in [0.5, 0.6) is 0 Å². The lowest BCUT2D eigenvalue weighted by Gasteiger charge is -2.05. The second-order valence-electron chi connectivity index (χ2n) is 5.35. The van der Waals surface area contributed by atoms with Crippen LogP contribution in [0, 0.1) is 6.92 Å². The predicted octanol–water partition coefficient (Wildman–Crippen LogP) is 3.98. The normalized spacial score (nSPS) is 11.3. The fourth-order valence-corrected chi connectivity index (χ4v) is 2.79. The van der Waals surface area contributed by atoms with E-state index in [4.69, 9.17) is 0 Å². The summed E-state index contributed by atoms with van der Waals surface area (Å²) in [6.07, 6.45) is 1.78. The molecule has 4 aromatic rings. The number of aromatic nitrogens is 2. The molecule has 0 spiro atoms. The summed E-state index contributed by atoms with van der Waals surface area (Å²) in [5.41, 5.74) is 5.77. The smallest absolute Gasteiger partial charge is 0.213 e. The number of aromatic amines is 2. The third kappa shape index (κ3) is 1.86. The number of rotatable bonds is 1. The van der Waals surface area contributed by atoms with Gasteiger partial charge in [0.1, 0.15) is 5.52 Å². The molecule has 0 atom stereocenters. The van der Waals surface area contributed by atoms with Crippen LogP contribution in [0.15, 0.2) is 59.5 Å². The summed E-state index contributed by atoms with van der Waals surface area (Å²) in [6.45, 7) is 2.07. The molecule has 3 nitrogen and oxygen atoms in total. The molecule has 0 saturated heterocycles. The molecule has 102 valence electrons. The lowest BCUT2D eigenvalue weighted by Crippen LogP contribution is -2.03. The summed E-state index contributed by atoms with van der Waals surface area (Å²) in [4.78, 5) is 18.8. The number of nitrogens with one attached hydrogen (secondary N) is 2. The maximum absolute atomic E-state index is 12.5. The summed E-state index contributed by atoms with van der Waals surface area (Å²) in [7, 11) is 0. The molecule has 21 heavy (non-hydrogen) atoms. The van der Waals surface area contributed by atoms with E-state index < -0.39 is 0 Å². The number of H-pyrrole nitrogens is 2. The minimum Gasteiger partial charge on any atom is -0.357 e. The summed E-state index contributed by atoms with van der Waals surface area (Å²) < 4.78 is 0. The number of hydrogen-bond acceptors (Lipinski definition) is 1. The Kier molecular flexibility index (Phi) is 2.48. The molecule has 0 fully saturated rings. The van der Waals surface area contributed by atoms with E-state index in [2.05, 4.69) is 35.1 Å². The molecule has 0 aliphatic carbocycles. The zero-order valence-electron chi connectivity index (χ0n) is 11.6. The second kappa shape index (κ2) is 4.35. The van der Waals surface area contributed by atoms with Crippen LogP contribution < -0.4 is 5.43 Å². The van der Waals surface area contributed by atoms with E-state index in [0.29, 0.717) is 10.9 Å². The second-order valence-corrected chi connectivity index (χ2v) is 5.35. The van der Waals surface area contributed by atoms with Crippen molar-refractivity contribution in [3.63, 3.8) is 0 Å². The highest BCUT2D eigenvalue weighted by atomic mass is 16.1. The Labute approximate surface area is 121 Å². The summed E-state index contributed by atoms with van der Waals surface area (Å²) in [5.74, 6) is 0. The largest absolute Gasteiger partial charge is 0.357 e. The highest BCUT2D eigenvalue weighted by molar-refractivity contribution is 5.93. The van der Waals surface area contributed by atoms with Gasteiger partial charge >= 0.3 is 0 Å². The fourth-order valence-electron chi connectivity index (χ4n) is 2.79. The van der Waals surface area contributed by atoms with Gasteiger partial charge in [0, 0.05) is 17.1 Å². The Bertz CT molecular complexity index is 1020. The van der Waals surface area contributed by atoms with Gasteiger partial charge in [-0.25, -0.2) is 0 Å². The van der Waals surface area contributed by atoms with Crippen molar-refractivity contribution in [2.24, 2.45) is 0 Å². The van der Waals surface area contributed by atoms with E-state index in [0.717, 1.165) is 22.2 Å². The molecule has 0 amide bonds. The number of aryl methyl sites for hydroxylation is 1. The van der Waals surface area contributed by atoms with Crippen molar-refractivity contribution in [1.29, 1.82) is 0 Å². The van der Waals surface area contributed by atoms with Crippen molar-refractivity contribution in [2.45, 2.75) is 6.92 Å². The van der Waals surface area contributed by atoms with E-state index >= 15 is 0 Å². The Morgan fingerprint density at radius 2 is 1.76 bits per heavy atom. The van der Waals surface area contributed by atoms with Crippen LogP contribution in [0.25, 0.3) is 33.1 Å². The number of benzene rings is 2. The van der Waals surface area contributed by atoms with E-state index in [1.54, 1.807) is 6.20 Å². The van der Waals surface area contributed by atoms with Gasteiger partial charge in [0.05, 0.1) is 5.52 Å². The Hall–Kier alpha value is -2.81. The van der Waals surface area contributed by atoms with Crippen LogP contribution in [-0.4, -0.2) is 9.97 Å². The lowest BCUT2D eigenvalue weighted by molar-refractivity contribution is 1.43. The number of pyridine rings is 1. The van der Waals surface area contributed by atoms with Crippen LogP contribution in [-0.2, 0) is 0 Å². The standard InChI is InChI=1S/C18H14N2O/c1-11-3-2-4-12(9-11)13-5-6-15-14(10-13)18(21)17-16(20-15)7-8-19-17/h2-10,19H,1H3,(H,20,21). The van der Waals surface area contributed by atoms with Gasteiger partial charge in [-0.1, -0.05) is 35.9 Å². The lowest BCUT2D eigenvalue weighted by atomic mass is 10.0. The summed E-state index contributed by atoms with van der Waals surface area (Å²) >= 11 is 0. The van der Waals surface area contributed by atoms with Crippen molar-refractivity contribution in [1.82, 2.24) is 9.97 Å². The van der Waals surface area contributed by atoms with Crippen molar-refractivity contribution in [3.8, 4) is 11.1 Å². The third-order valence-electron chi connectivity index (χ3n) is 3.86. The van der Waals surface area contributed by atoms with E-state index in [-0.39, 0.29) is 5.43 Å². The molecule has 0 bridgehead atoms. The van der Waals surface area contributed by atoms with E-state index in [1.165, 1.54) is 5.56 Å². The summed E-state index contributed by atoms with van der Waals surface area (Å²) in [5, 5.41) is 0.712. The van der Waals surface area contributed by atoms with Gasteiger partial charge in [0.2, 0.25) is 5.43 Å². The average Bonchev–Trinajstić information content (AvgIpc) is 2.96. The quantitative estimate of drug-likeness (QED) is 0.542. The Balaban J connectivity index is 2.03. The van der Waals surface area contributed by atoms with Crippen LogP contribution in [0.3, 0.4) is 0 Å². The van der Waals surface area contributed by atoms with Gasteiger partial charge in [-0.15, -0.1) is 0 Å². The zero-order chi connectivity index (χ0) is 14.4. The monoisotopic (exact) mass is 274 g/mol. The molecule has 0 radical (unpaired) electrons. The molecule has 3 heteroatoms. The molecule has 2 aromatic heterocycles. The van der Waals surface area contributed by atoms with Gasteiger partial charge in [0.25, 0.3) is 0 Å². The highest BCUT2D eigenvalue weighted by Crippen LogP contribution is 2.24. The van der Waals surface area contributed by atoms with Crippen molar-refractivity contribution < 1.29 is 0 Å². The molecule has 2 N–H and O–H groups in total. The van der Waals surface area contributed by atoms with E-state index in [1.807, 2.05) is 30.3 Å². The fraction of sp³-hybridized carbons (Fsp3) is 0.0556. The van der Waals surface area contributed by atoms with Crippen molar-refractivity contribution >= 4 is 21.9 Å². The molecule has 2 heterocycles. The molecule has 0 aliphatic rings. The minimum absolute atomic E-state index is 0.0400. The summed E-state index contributed by atoms with van der Waals surface area (Å²) in [6, 6.07) is 16.2. The van der Waals surface area contributed by atoms with Gasteiger partial charge in [0.15, 0.2) is 0 Å². The topological polar surface area (TPSA) is 48.6 Å². The molecule has 4 rings (SSSR count). The minimum atomic E-state index is 0.0400. The number of fused-ring (bicyclic) bond motifs is 2. The first-order valence-corrected chi connectivity index (χ1v) is 6.92. The Morgan fingerprint density at radius 1 is 0.905 bits per heavy atom. The molecule has 0 aliphatic heterocycles. The molecular weight excluding hydrogens is 260 g/mol. The van der Waals surface area contributed by atoms with Crippen LogP contribution >= 0.6 is 0 Å². The maximum Gasteiger partial charge on any atom is 0.213 e. The molecule has 0 unspecified atom stereocenters. The highest BCUT2D eigenvalue weighted by Gasteiger charge is 2.07. The first-order valence-electron chi connectivity index (χ1n) is 6.92. The molecular formula is C18H14N2O. The van der Waals surface area contributed by atoms with Crippen LogP contribution in [0.1, 0.15) is 5.56 Å². The van der Waals surface area contributed by atoms with Gasteiger partial charge in [-0.3, -0.25) is 4.79 Å².